The van der Waals surface area contributed by atoms with Gasteiger partial charge in [-0.3, -0.25) is 13.8 Å². The number of hydrogen-bond acceptors (Lipinski definition) is 6. The molecule has 0 saturated heterocycles. The maximum absolute atomic E-state index is 13.3. The summed E-state index contributed by atoms with van der Waals surface area (Å²) in [4.78, 5) is 13.3. The summed E-state index contributed by atoms with van der Waals surface area (Å²) in [5.74, 6) is 2.83. The molecule has 172 valence electrons. The number of thioether (sulfide) groups is 1. The lowest BCUT2D eigenvalue weighted by molar-refractivity contribution is 0.332. The molecule has 0 spiro atoms. The fourth-order valence-corrected chi connectivity index (χ4v) is 4.58. The molecule has 8 heteroatoms. The third-order valence-corrected chi connectivity index (χ3v) is 6.27. The van der Waals surface area contributed by atoms with Crippen LogP contribution in [-0.2, 0) is 6.54 Å². The highest BCUT2D eigenvalue weighted by molar-refractivity contribution is 7.99. The number of rotatable bonds is 9. The molecular formula is C26H24N4O3S. The van der Waals surface area contributed by atoms with Gasteiger partial charge >= 0.3 is 0 Å². The van der Waals surface area contributed by atoms with Crippen LogP contribution in [0.3, 0.4) is 0 Å². The molecule has 2 heterocycles. The molecule has 0 aliphatic rings. The van der Waals surface area contributed by atoms with Crippen LogP contribution in [0.5, 0.6) is 11.5 Å². The minimum atomic E-state index is -0.0743. The standard InChI is InChI=1S/C26H24N4O3S/c1-2-32-20-12-14-21(15-13-20)33-16-17-34-26-28-27-25-29(18-19-8-4-3-5-9-19)24(31)22-10-6-7-11-23(22)30(25)26/h3-15H,2,16-18H2,1H3. The summed E-state index contributed by atoms with van der Waals surface area (Å²) in [6.45, 7) is 3.53. The largest absolute Gasteiger partial charge is 0.494 e. The van der Waals surface area contributed by atoms with E-state index >= 15 is 0 Å². The average Bonchev–Trinajstić information content (AvgIpc) is 3.30. The van der Waals surface area contributed by atoms with Crippen molar-refractivity contribution >= 4 is 28.4 Å². The first-order valence-corrected chi connectivity index (χ1v) is 12.1. The maximum atomic E-state index is 13.3. The number of fused-ring (bicyclic) bond motifs is 3. The Balaban J connectivity index is 1.39. The van der Waals surface area contributed by atoms with Gasteiger partial charge in [-0.1, -0.05) is 54.2 Å². The van der Waals surface area contributed by atoms with Gasteiger partial charge in [-0.15, -0.1) is 10.2 Å². The third kappa shape index (κ3) is 4.49. The molecule has 0 fully saturated rings. The Bertz CT molecular complexity index is 1460. The van der Waals surface area contributed by atoms with Gasteiger partial charge in [0.25, 0.3) is 5.56 Å². The third-order valence-electron chi connectivity index (χ3n) is 5.38. The van der Waals surface area contributed by atoms with Crippen molar-refractivity contribution in [1.82, 2.24) is 19.2 Å². The molecule has 0 unspecified atom stereocenters. The van der Waals surface area contributed by atoms with Gasteiger partial charge in [0.15, 0.2) is 5.16 Å². The van der Waals surface area contributed by atoms with Gasteiger partial charge < -0.3 is 9.47 Å². The van der Waals surface area contributed by atoms with Crippen molar-refractivity contribution < 1.29 is 9.47 Å². The van der Waals surface area contributed by atoms with E-state index in [1.165, 1.54) is 0 Å². The Kier molecular flexibility index (Phi) is 6.49. The molecule has 5 rings (SSSR count). The Morgan fingerprint density at radius 2 is 1.56 bits per heavy atom. The predicted molar refractivity (Wildman–Crippen MR) is 134 cm³/mol. The van der Waals surface area contributed by atoms with E-state index in [9.17, 15) is 4.79 Å². The number of hydrogen-bond donors (Lipinski definition) is 0. The van der Waals surface area contributed by atoms with Crippen LogP contribution in [0.4, 0.5) is 0 Å². The molecule has 0 atom stereocenters. The van der Waals surface area contributed by atoms with Crippen LogP contribution in [0.1, 0.15) is 12.5 Å². The smallest absolute Gasteiger partial charge is 0.263 e. The van der Waals surface area contributed by atoms with Crippen molar-refractivity contribution in [3.05, 3.63) is 94.8 Å². The van der Waals surface area contributed by atoms with E-state index in [0.29, 0.717) is 36.7 Å². The van der Waals surface area contributed by atoms with E-state index in [1.807, 2.05) is 90.2 Å². The molecule has 0 aliphatic carbocycles. The van der Waals surface area contributed by atoms with Crippen LogP contribution in [0, 0.1) is 0 Å². The molecule has 0 N–H and O–H groups in total. The first-order chi connectivity index (χ1) is 16.7. The van der Waals surface area contributed by atoms with Crippen LogP contribution < -0.4 is 15.0 Å². The summed E-state index contributed by atoms with van der Waals surface area (Å²) in [7, 11) is 0. The Morgan fingerprint density at radius 3 is 2.32 bits per heavy atom. The normalized spacial score (nSPS) is 11.2. The highest BCUT2D eigenvalue weighted by atomic mass is 32.2. The number of ether oxygens (including phenoxy) is 2. The quantitative estimate of drug-likeness (QED) is 0.230. The number of aromatic nitrogens is 4. The van der Waals surface area contributed by atoms with Crippen molar-refractivity contribution in [2.45, 2.75) is 18.6 Å². The van der Waals surface area contributed by atoms with Gasteiger partial charge in [-0.05, 0) is 48.9 Å². The summed E-state index contributed by atoms with van der Waals surface area (Å²) >= 11 is 1.55. The fourth-order valence-electron chi connectivity index (χ4n) is 3.83. The highest BCUT2D eigenvalue weighted by Gasteiger charge is 2.17. The average molecular weight is 473 g/mol. The van der Waals surface area contributed by atoms with E-state index in [-0.39, 0.29) is 5.56 Å². The molecule has 0 bridgehead atoms. The second-order valence-electron chi connectivity index (χ2n) is 7.61. The van der Waals surface area contributed by atoms with Gasteiger partial charge in [0.05, 0.1) is 30.7 Å². The second kappa shape index (κ2) is 10.0. The lowest BCUT2D eigenvalue weighted by Crippen LogP contribution is -2.24. The van der Waals surface area contributed by atoms with Crippen molar-refractivity contribution in [3.63, 3.8) is 0 Å². The van der Waals surface area contributed by atoms with Crippen molar-refractivity contribution in [2.24, 2.45) is 0 Å². The fraction of sp³-hybridized carbons (Fsp3) is 0.192. The summed E-state index contributed by atoms with van der Waals surface area (Å²) in [5, 5.41) is 10.2. The lowest BCUT2D eigenvalue weighted by atomic mass is 10.2. The monoisotopic (exact) mass is 472 g/mol. The van der Waals surface area contributed by atoms with Gasteiger partial charge in [-0.25, -0.2) is 0 Å². The summed E-state index contributed by atoms with van der Waals surface area (Å²) in [6.07, 6.45) is 0. The zero-order valence-corrected chi connectivity index (χ0v) is 19.6. The molecule has 3 aromatic carbocycles. The van der Waals surface area contributed by atoms with Gasteiger partial charge in [0.2, 0.25) is 5.78 Å². The molecule has 7 nitrogen and oxygen atoms in total. The van der Waals surface area contributed by atoms with Gasteiger partial charge in [0.1, 0.15) is 11.5 Å². The van der Waals surface area contributed by atoms with E-state index in [0.717, 1.165) is 27.7 Å². The molecule has 0 aliphatic heterocycles. The van der Waals surface area contributed by atoms with Crippen molar-refractivity contribution in [3.8, 4) is 11.5 Å². The topological polar surface area (TPSA) is 70.7 Å². The molecule has 2 aromatic heterocycles. The zero-order chi connectivity index (χ0) is 23.3. The van der Waals surface area contributed by atoms with E-state index in [4.69, 9.17) is 9.47 Å². The molecule has 5 aromatic rings. The molecule has 0 saturated carbocycles. The summed E-state index contributed by atoms with van der Waals surface area (Å²) in [5.41, 5.74) is 1.75. The first-order valence-electron chi connectivity index (χ1n) is 11.1. The highest BCUT2D eigenvalue weighted by Crippen LogP contribution is 2.23. The predicted octanol–water partition coefficient (Wildman–Crippen LogP) is 4.66. The minimum absolute atomic E-state index is 0.0743. The number of para-hydroxylation sites is 1. The van der Waals surface area contributed by atoms with Crippen LogP contribution in [0.2, 0.25) is 0 Å². The molecular weight excluding hydrogens is 448 g/mol. The SMILES string of the molecule is CCOc1ccc(OCCSc2nnc3n(Cc4ccccc4)c(=O)c4ccccc4n23)cc1. The number of nitrogens with zero attached hydrogens (tertiary/aromatic N) is 4. The van der Waals surface area contributed by atoms with Crippen LogP contribution in [0.25, 0.3) is 16.7 Å². The zero-order valence-electron chi connectivity index (χ0n) is 18.8. The number of benzene rings is 3. The first kappa shape index (κ1) is 22.0. The Morgan fingerprint density at radius 1 is 0.853 bits per heavy atom. The van der Waals surface area contributed by atoms with E-state index in [2.05, 4.69) is 10.2 Å². The van der Waals surface area contributed by atoms with Crippen LogP contribution in [-0.4, -0.2) is 38.1 Å². The van der Waals surface area contributed by atoms with E-state index in [1.54, 1.807) is 16.3 Å². The van der Waals surface area contributed by atoms with Crippen LogP contribution >= 0.6 is 11.8 Å². The Hall–Kier alpha value is -3.78. The summed E-state index contributed by atoms with van der Waals surface area (Å²) < 4.78 is 15.0. The van der Waals surface area contributed by atoms with Crippen molar-refractivity contribution in [1.29, 1.82) is 0 Å². The molecule has 0 amide bonds. The molecule has 0 radical (unpaired) electrons. The van der Waals surface area contributed by atoms with E-state index < -0.39 is 0 Å². The van der Waals surface area contributed by atoms with Gasteiger partial charge in [0, 0.05) is 5.75 Å². The lowest BCUT2D eigenvalue weighted by Gasteiger charge is -2.11. The maximum Gasteiger partial charge on any atom is 0.263 e. The second-order valence-corrected chi connectivity index (χ2v) is 8.68. The molecule has 34 heavy (non-hydrogen) atoms. The summed E-state index contributed by atoms with van der Waals surface area (Å²) in [6, 6.07) is 25.1. The Labute approximate surface area is 201 Å². The minimum Gasteiger partial charge on any atom is -0.494 e. The van der Waals surface area contributed by atoms with Gasteiger partial charge in [-0.2, -0.15) is 0 Å². The van der Waals surface area contributed by atoms with Crippen molar-refractivity contribution in [2.75, 3.05) is 19.0 Å². The van der Waals surface area contributed by atoms with Crippen LogP contribution in [0.15, 0.2) is 88.8 Å².